The molecule has 0 saturated heterocycles. The molecular weight excluding hydrogens is 256 g/mol. The fourth-order valence-electron chi connectivity index (χ4n) is 1.66. The first-order chi connectivity index (χ1) is 9.54. The van der Waals surface area contributed by atoms with Gasteiger partial charge < -0.3 is 16.8 Å². The second-order valence-corrected chi connectivity index (χ2v) is 4.25. The van der Waals surface area contributed by atoms with E-state index in [1.165, 1.54) is 12.3 Å². The maximum absolute atomic E-state index is 11.8. The smallest absolute Gasteiger partial charge is 0.248 e. The summed E-state index contributed by atoms with van der Waals surface area (Å²) in [6.45, 7) is 0. The number of rotatable bonds is 4. The molecule has 6 heteroatoms. The third-order valence-corrected chi connectivity index (χ3v) is 2.62. The number of pyridine rings is 1. The quantitative estimate of drug-likeness (QED) is 0.767. The van der Waals surface area contributed by atoms with Gasteiger partial charge in [0.25, 0.3) is 0 Å². The summed E-state index contributed by atoms with van der Waals surface area (Å²) in [6, 6.07) is 9.81. The minimum Gasteiger partial charge on any atom is -0.397 e. The van der Waals surface area contributed by atoms with Crippen LogP contribution in [0.2, 0.25) is 0 Å². The zero-order valence-corrected chi connectivity index (χ0v) is 10.7. The van der Waals surface area contributed by atoms with E-state index in [0.717, 1.165) is 0 Å². The van der Waals surface area contributed by atoms with Gasteiger partial charge in [0.05, 0.1) is 18.3 Å². The van der Waals surface area contributed by atoms with E-state index in [4.69, 9.17) is 11.5 Å². The van der Waals surface area contributed by atoms with Crippen LogP contribution in [-0.4, -0.2) is 16.8 Å². The number of anilines is 2. The maximum atomic E-state index is 11.8. The summed E-state index contributed by atoms with van der Waals surface area (Å²) in [5.41, 5.74) is 12.7. The van der Waals surface area contributed by atoms with Crippen LogP contribution < -0.4 is 16.8 Å². The van der Waals surface area contributed by atoms with E-state index in [-0.39, 0.29) is 12.3 Å². The van der Waals surface area contributed by atoms with Crippen LogP contribution in [0.25, 0.3) is 0 Å². The van der Waals surface area contributed by atoms with Crippen LogP contribution in [0.15, 0.2) is 42.6 Å². The average Bonchev–Trinajstić information content (AvgIpc) is 2.41. The van der Waals surface area contributed by atoms with Crippen molar-refractivity contribution >= 4 is 23.2 Å². The molecule has 2 aromatic rings. The van der Waals surface area contributed by atoms with Gasteiger partial charge in [0.1, 0.15) is 0 Å². The van der Waals surface area contributed by atoms with E-state index in [9.17, 15) is 9.59 Å². The third-order valence-electron chi connectivity index (χ3n) is 2.62. The first-order valence-electron chi connectivity index (χ1n) is 5.95. The monoisotopic (exact) mass is 270 g/mol. The number of hydrogen-bond acceptors (Lipinski definition) is 4. The highest BCUT2D eigenvalue weighted by atomic mass is 16.2. The molecule has 0 bridgehead atoms. The van der Waals surface area contributed by atoms with E-state index in [1.54, 1.807) is 30.3 Å². The van der Waals surface area contributed by atoms with Crippen molar-refractivity contribution in [2.24, 2.45) is 5.73 Å². The first kappa shape index (κ1) is 13.5. The van der Waals surface area contributed by atoms with Crippen molar-refractivity contribution in [3.63, 3.8) is 0 Å². The molecule has 1 aromatic carbocycles. The Kier molecular flexibility index (Phi) is 3.95. The van der Waals surface area contributed by atoms with E-state index in [2.05, 4.69) is 10.3 Å². The number of nitrogens with two attached hydrogens (primary N) is 2. The normalized spacial score (nSPS) is 10.0. The highest BCUT2D eigenvalue weighted by Gasteiger charge is 2.07. The number of carbonyl (C=O) groups excluding carboxylic acids is 2. The summed E-state index contributed by atoms with van der Waals surface area (Å²) < 4.78 is 0. The van der Waals surface area contributed by atoms with Crippen molar-refractivity contribution in [1.29, 1.82) is 0 Å². The Hall–Kier alpha value is -2.89. The predicted octanol–water partition coefficient (Wildman–Crippen LogP) is 0.944. The molecule has 1 heterocycles. The van der Waals surface area contributed by atoms with Crippen molar-refractivity contribution in [2.45, 2.75) is 6.42 Å². The summed E-state index contributed by atoms with van der Waals surface area (Å²) >= 11 is 0. The van der Waals surface area contributed by atoms with Crippen LogP contribution in [0.3, 0.4) is 0 Å². The molecule has 0 aliphatic heterocycles. The van der Waals surface area contributed by atoms with Gasteiger partial charge in [-0.05, 0) is 30.3 Å². The van der Waals surface area contributed by atoms with Crippen LogP contribution in [0.5, 0.6) is 0 Å². The number of nitrogens with one attached hydrogen (secondary N) is 1. The number of nitrogens with zero attached hydrogens (tertiary/aromatic N) is 1. The number of hydrogen-bond donors (Lipinski definition) is 3. The summed E-state index contributed by atoms with van der Waals surface area (Å²) in [5.74, 6) is -0.773. The highest BCUT2D eigenvalue weighted by Crippen LogP contribution is 2.11. The molecule has 0 aliphatic rings. The summed E-state index contributed by atoms with van der Waals surface area (Å²) in [4.78, 5) is 26.9. The van der Waals surface area contributed by atoms with Gasteiger partial charge in [-0.3, -0.25) is 14.6 Å². The molecule has 5 N–H and O–H groups in total. The molecule has 0 unspecified atom stereocenters. The third kappa shape index (κ3) is 3.55. The molecule has 0 radical (unpaired) electrons. The zero-order chi connectivity index (χ0) is 14.5. The van der Waals surface area contributed by atoms with Gasteiger partial charge in [0.2, 0.25) is 11.8 Å². The minimum atomic E-state index is -0.540. The SMILES string of the molecule is NC(=O)c1cccc(NC(=O)Cc2ccc(N)cn2)c1. The molecular formula is C14H14N4O2. The second kappa shape index (κ2) is 5.83. The Morgan fingerprint density at radius 1 is 1.20 bits per heavy atom. The molecule has 6 nitrogen and oxygen atoms in total. The van der Waals surface area contributed by atoms with Crippen molar-refractivity contribution in [3.05, 3.63) is 53.9 Å². The van der Waals surface area contributed by atoms with E-state index in [1.807, 2.05) is 0 Å². The molecule has 0 aliphatic carbocycles. The van der Waals surface area contributed by atoms with Gasteiger partial charge in [0.15, 0.2) is 0 Å². The topological polar surface area (TPSA) is 111 Å². The fourth-order valence-corrected chi connectivity index (χ4v) is 1.66. The average molecular weight is 270 g/mol. The van der Waals surface area contributed by atoms with Gasteiger partial charge in [-0.1, -0.05) is 6.07 Å². The largest absolute Gasteiger partial charge is 0.397 e. The van der Waals surface area contributed by atoms with Crippen LogP contribution in [0.1, 0.15) is 16.1 Å². The Balaban J connectivity index is 2.02. The molecule has 102 valence electrons. The van der Waals surface area contributed by atoms with Gasteiger partial charge in [-0.15, -0.1) is 0 Å². The predicted molar refractivity (Wildman–Crippen MR) is 75.9 cm³/mol. The van der Waals surface area contributed by atoms with Crippen molar-refractivity contribution in [3.8, 4) is 0 Å². The van der Waals surface area contributed by atoms with E-state index in [0.29, 0.717) is 22.6 Å². The second-order valence-electron chi connectivity index (χ2n) is 4.25. The maximum Gasteiger partial charge on any atom is 0.248 e. The van der Waals surface area contributed by atoms with E-state index < -0.39 is 5.91 Å². The van der Waals surface area contributed by atoms with Crippen LogP contribution in [0.4, 0.5) is 11.4 Å². The van der Waals surface area contributed by atoms with Crippen LogP contribution in [0, 0.1) is 0 Å². The zero-order valence-electron chi connectivity index (χ0n) is 10.7. The summed E-state index contributed by atoms with van der Waals surface area (Å²) in [6.07, 6.45) is 1.62. The molecule has 1 aromatic heterocycles. The first-order valence-corrected chi connectivity index (χ1v) is 5.95. The lowest BCUT2D eigenvalue weighted by atomic mass is 10.2. The number of carbonyl (C=O) groups is 2. The summed E-state index contributed by atoms with van der Waals surface area (Å²) in [7, 11) is 0. The van der Waals surface area contributed by atoms with Gasteiger partial charge in [0, 0.05) is 16.9 Å². The molecule has 0 spiro atoms. The summed E-state index contributed by atoms with van der Waals surface area (Å²) in [5, 5.41) is 2.68. The standard InChI is InChI=1S/C14H14N4O2/c15-10-4-5-11(17-8-10)7-13(19)18-12-3-1-2-9(6-12)14(16)20/h1-6,8H,7,15H2,(H2,16,20)(H,18,19). The van der Waals surface area contributed by atoms with Gasteiger partial charge >= 0.3 is 0 Å². The van der Waals surface area contributed by atoms with Crippen LogP contribution in [-0.2, 0) is 11.2 Å². The number of amides is 2. The van der Waals surface area contributed by atoms with Gasteiger partial charge in [-0.25, -0.2) is 0 Å². The Morgan fingerprint density at radius 3 is 2.65 bits per heavy atom. The Labute approximate surface area is 115 Å². The number of benzene rings is 1. The molecule has 0 atom stereocenters. The van der Waals surface area contributed by atoms with Crippen molar-refractivity contribution in [1.82, 2.24) is 4.98 Å². The number of aromatic nitrogens is 1. The van der Waals surface area contributed by atoms with Crippen molar-refractivity contribution < 1.29 is 9.59 Å². The molecule has 2 amide bonds. The molecule has 0 fully saturated rings. The van der Waals surface area contributed by atoms with Gasteiger partial charge in [-0.2, -0.15) is 0 Å². The number of nitrogen functional groups attached to an aromatic ring is 1. The fraction of sp³-hybridized carbons (Fsp3) is 0.0714. The minimum absolute atomic E-state index is 0.126. The lowest BCUT2D eigenvalue weighted by Crippen LogP contribution is -2.16. The van der Waals surface area contributed by atoms with Crippen LogP contribution >= 0.6 is 0 Å². The van der Waals surface area contributed by atoms with Crippen molar-refractivity contribution in [2.75, 3.05) is 11.1 Å². The Morgan fingerprint density at radius 2 is 2.00 bits per heavy atom. The lowest BCUT2D eigenvalue weighted by Gasteiger charge is -2.06. The molecule has 20 heavy (non-hydrogen) atoms. The molecule has 2 rings (SSSR count). The Bertz CT molecular complexity index is 638. The van der Waals surface area contributed by atoms with E-state index >= 15 is 0 Å². The number of primary amides is 1. The molecule has 0 saturated carbocycles. The lowest BCUT2D eigenvalue weighted by molar-refractivity contribution is -0.115. The highest BCUT2D eigenvalue weighted by molar-refractivity contribution is 5.96.